The van der Waals surface area contributed by atoms with Crippen molar-refractivity contribution in [1.29, 1.82) is 0 Å². The minimum absolute atomic E-state index is 0.123. The van der Waals surface area contributed by atoms with Crippen LogP contribution in [0.4, 0.5) is 0 Å². The number of alkyl halides is 1. The monoisotopic (exact) mass is 418 g/mol. The molecule has 2 heteroatoms. The fraction of sp³-hybridized carbons (Fsp3) is 0.778. The third-order valence-corrected chi connectivity index (χ3v) is 8.83. The highest BCUT2D eigenvalue weighted by Crippen LogP contribution is 2.60. The lowest BCUT2D eigenvalue weighted by Crippen LogP contribution is -2.36. The molecule has 1 nitrogen and oxygen atoms in total. The zero-order valence-corrected chi connectivity index (χ0v) is 20.0. The summed E-state index contributed by atoms with van der Waals surface area (Å²) < 4.78 is 0. The first-order valence-corrected chi connectivity index (χ1v) is 12.6. The molecule has 29 heavy (non-hydrogen) atoms. The molecule has 0 aromatic heterocycles. The maximum Gasteiger partial charge on any atom is 0.0606 e. The summed E-state index contributed by atoms with van der Waals surface area (Å²) >= 11 is 6.38. The molecular weight excluding hydrogens is 376 g/mol. The molecule has 3 aliphatic carbocycles. The van der Waals surface area contributed by atoms with Gasteiger partial charge in [0.1, 0.15) is 0 Å². The number of aliphatic hydroxyl groups is 1. The summed E-state index contributed by atoms with van der Waals surface area (Å²) in [6.45, 7) is 14.0. The minimum atomic E-state index is -0.327. The molecule has 3 fully saturated rings. The second-order valence-electron chi connectivity index (χ2n) is 10.9. The Labute approximate surface area is 184 Å². The van der Waals surface area contributed by atoms with Gasteiger partial charge in [-0.15, -0.1) is 11.6 Å². The van der Waals surface area contributed by atoms with E-state index in [4.69, 9.17) is 11.6 Å². The molecule has 0 aliphatic heterocycles. The lowest BCUT2D eigenvalue weighted by atomic mass is 9.60. The van der Waals surface area contributed by atoms with Crippen molar-refractivity contribution in [3.05, 3.63) is 35.5 Å². The Morgan fingerprint density at radius 1 is 1.21 bits per heavy atom. The average molecular weight is 419 g/mol. The maximum absolute atomic E-state index is 10.1. The lowest BCUT2D eigenvalue weighted by Gasteiger charge is -2.44. The van der Waals surface area contributed by atoms with Gasteiger partial charge in [0.05, 0.1) is 11.5 Å². The Bertz CT molecular complexity index is 645. The van der Waals surface area contributed by atoms with Gasteiger partial charge in [-0.25, -0.2) is 0 Å². The Kier molecular flexibility index (Phi) is 7.77. The van der Waals surface area contributed by atoms with E-state index < -0.39 is 0 Å². The van der Waals surface area contributed by atoms with Gasteiger partial charge in [0.15, 0.2) is 0 Å². The molecule has 164 valence electrons. The molecule has 0 aromatic carbocycles. The largest absolute Gasteiger partial charge is 0.393 e. The standard InChI is InChI=1S/C27H43ClO/c1-18(2)8-6-9-19(3)24-13-14-25-21(10-7-15-27(24,25)5)11-12-22-16-23(29)17-26(28)20(22)4/h11-12,18-19,23-26,29H,4,6-10,13-17H2,1-3,5H3/b21-11+,22-12-/t19-,23-,24-,25?,26?,27-/m1/s1. The van der Waals surface area contributed by atoms with Crippen LogP contribution in [0.3, 0.4) is 0 Å². The first-order chi connectivity index (χ1) is 13.7. The summed E-state index contributed by atoms with van der Waals surface area (Å²) in [5, 5.41) is 9.99. The van der Waals surface area contributed by atoms with Gasteiger partial charge in [0.2, 0.25) is 0 Å². The fourth-order valence-electron chi connectivity index (χ4n) is 6.70. The Hall–Kier alpha value is -0.530. The van der Waals surface area contributed by atoms with E-state index in [1.165, 1.54) is 51.4 Å². The van der Waals surface area contributed by atoms with Crippen LogP contribution >= 0.6 is 11.6 Å². The highest BCUT2D eigenvalue weighted by Gasteiger charge is 2.50. The Balaban J connectivity index is 1.71. The molecule has 0 heterocycles. The Morgan fingerprint density at radius 3 is 2.69 bits per heavy atom. The molecule has 3 rings (SSSR count). The predicted octanol–water partition coefficient (Wildman–Crippen LogP) is 7.84. The van der Waals surface area contributed by atoms with Gasteiger partial charge in [-0.1, -0.05) is 71.3 Å². The molecular formula is C27H43ClO. The summed E-state index contributed by atoms with van der Waals surface area (Å²) in [4.78, 5) is 0. The molecule has 0 aromatic rings. The average Bonchev–Trinajstić information content (AvgIpc) is 3.00. The van der Waals surface area contributed by atoms with Crippen molar-refractivity contribution >= 4 is 11.6 Å². The number of rotatable bonds is 6. The fourth-order valence-corrected chi connectivity index (χ4v) is 7.04. The van der Waals surface area contributed by atoms with Gasteiger partial charge >= 0.3 is 0 Å². The van der Waals surface area contributed by atoms with Gasteiger partial charge in [-0.2, -0.15) is 0 Å². The molecule has 1 N–H and O–H groups in total. The minimum Gasteiger partial charge on any atom is -0.393 e. The van der Waals surface area contributed by atoms with Crippen molar-refractivity contribution in [3.63, 3.8) is 0 Å². The smallest absolute Gasteiger partial charge is 0.0606 e. The normalized spacial score (nSPS) is 39.3. The van der Waals surface area contributed by atoms with Crippen LogP contribution < -0.4 is 0 Å². The van der Waals surface area contributed by atoms with Crippen molar-refractivity contribution in [2.75, 3.05) is 0 Å². The van der Waals surface area contributed by atoms with Crippen LogP contribution in [0.5, 0.6) is 0 Å². The van der Waals surface area contributed by atoms with E-state index in [9.17, 15) is 5.11 Å². The van der Waals surface area contributed by atoms with E-state index in [1.807, 2.05) is 0 Å². The SMILES string of the molecule is C=C1/C(=C\C=C2/CCC[C@@]3(C)C2CC[C@@H]3[C@H](C)CCCC(C)C)C[C@@H](O)CC1Cl. The lowest BCUT2D eigenvalue weighted by molar-refractivity contribution is 0.0929. The topological polar surface area (TPSA) is 20.2 Å². The van der Waals surface area contributed by atoms with Crippen LogP contribution in [0.2, 0.25) is 0 Å². The van der Waals surface area contributed by atoms with Crippen LogP contribution in [0, 0.1) is 29.1 Å². The molecule has 0 bridgehead atoms. The second-order valence-corrected chi connectivity index (χ2v) is 11.4. The van der Waals surface area contributed by atoms with Crippen LogP contribution in [0.25, 0.3) is 0 Å². The van der Waals surface area contributed by atoms with Crippen LogP contribution in [0.1, 0.15) is 91.9 Å². The third-order valence-electron chi connectivity index (χ3n) is 8.39. The number of fused-ring (bicyclic) bond motifs is 1. The van der Waals surface area contributed by atoms with Crippen LogP contribution in [-0.4, -0.2) is 16.6 Å². The van der Waals surface area contributed by atoms with E-state index in [0.29, 0.717) is 18.3 Å². The molecule has 3 saturated carbocycles. The highest BCUT2D eigenvalue weighted by atomic mass is 35.5. The van der Waals surface area contributed by atoms with Crippen LogP contribution in [-0.2, 0) is 0 Å². The van der Waals surface area contributed by atoms with Crippen molar-refractivity contribution < 1.29 is 5.11 Å². The summed E-state index contributed by atoms with van der Waals surface area (Å²) in [5.74, 6) is 3.27. The second kappa shape index (κ2) is 9.73. The van der Waals surface area contributed by atoms with Gasteiger partial charge in [-0.3, -0.25) is 0 Å². The summed E-state index contributed by atoms with van der Waals surface area (Å²) in [6, 6.07) is 0. The molecule has 6 atom stereocenters. The van der Waals surface area contributed by atoms with Crippen molar-refractivity contribution in [1.82, 2.24) is 0 Å². The molecule has 0 amide bonds. The van der Waals surface area contributed by atoms with Gasteiger partial charge in [0, 0.05) is 0 Å². The number of allylic oxidation sites excluding steroid dienone is 4. The van der Waals surface area contributed by atoms with Crippen molar-refractivity contribution in [3.8, 4) is 0 Å². The van der Waals surface area contributed by atoms with Crippen LogP contribution in [0.15, 0.2) is 35.5 Å². The predicted molar refractivity (Wildman–Crippen MR) is 126 cm³/mol. The highest BCUT2D eigenvalue weighted by molar-refractivity contribution is 6.22. The van der Waals surface area contributed by atoms with Crippen molar-refractivity contribution in [2.24, 2.45) is 29.1 Å². The van der Waals surface area contributed by atoms with Gasteiger partial charge in [0.25, 0.3) is 0 Å². The summed E-state index contributed by atoms with van der Waals surface area (Å²) in [6.07, 6.45) is 16.5. The molecule has 0 radical (unpaired) electrons. The summed E-state index contributed by atoms with van der Waals surface area (Å²) in [7, 11) is 0. The van der Waals surface area contributed by atoms with E-state index >= 15 is 0 Å². The number of aliphatic hydroxyl groups excluding tert-OH is 1. The zero-order valence-electron chi connectivity index (χ0n) is 19.2. The Morgan fingerprint density at radius 2 is 1.97 bits per heavy atom. The molecule has 0 saturated heterocycles. The molecule has 2 unspecified atom stereocenters. The summed E-state index contributed by atoms with van der Waals surface area (Å²) in [5.41, 5.74) is 4.27. The van der Waals surface area contributed by atoms with Crippen molar-refractivity contribution in [2.45, 2.75) is 103 Å². The van der Waals surface area contributed by atoms with Gasteiger partial charge in [-0.05, 0) is 85.2 Å². The van der Waals surface area contributed by atoms with E-state index in [-0.39, 0.29) is 11.5 Å². The number of hydrogen-bond donors (Lipinski definition) is 1. The van der Waals surface area contributed by atoms with Gasteiger partial charge < -0.3 is 5.11 Å². The van der Waals surface area contributed by atoms with E-state index in [1.54, 1.807) is 5.57 Å². The maximum atomic E-state index is 10.1. The quantitative estimate of drug-likeness (QED) is 0.435. The van der Waals surface area contributed by atoms with E-state index in [2.05, 4.69) is 46.4 Å². The number of hydrogen-bond acceptors (Lipinski definition) is 1. The number of halogens is 1. The third kappa shape index (κ3) is 5.21. The first kappa shape index (κ1) is 23.1. The first-order valence-electron chi connectivity index (χ1n) is 12.1. The zero-order chi connectivity index (χ0) is 21.2. The molecule has 0 spiro atoms. The molecule has 3 aliphatic rings. The van der Waals surface area contributed by atoms with E-state index in [0.717, 1.165) is 34.8 Å².